The van der Waals surface area contributed by atoms with Gasteiger partial charge in [-0.15, -0.1) is 0 Å². The van der Waals surface area contributed by atoms with Crippen LogP contribution in [0.15, 0.2) is 53.3 Å². The fraction of sp³-hybridized carbons (Fsp3) is 0.190. The maximum atomic E-state index is 12.7. The highest BCUT2D eigenvalue weighted by atomic mass is 16.1. The Balaban J connectivity index is 1.57. The molecular formula is C21H17N5O. The summed E-state index contributed by atoms with van der Waals surface area (Å²) in [4.78, 5) is 15.0. The van der Waals surface area contributed by atoms with E-state index in [-0.39, 0.29) is 5.56 Å². The Bertz CT molecular complexity index is 1130. The quantitative estimate of drug-likeness (QED) is 0.782. The summed E-state index contributed by atoms with van der Waals surface area (Å²) in [6.45, 7) is 2.19. The minimum Gasteiger partial charge on any atom is -0.293 e. The van der Waals surface area contributed by atoms with E-state index in [1.165, 1.54) is 0 Å². The van der Waals surface area contributed by atoms with E-state index in [1.54, 1.807) is 35.0 Å². The first-order valence-electron chi connectivity index (χ1n) is 8.72. The van der Waals surface area contributed by atoms with Crippen molar-refractivity contribution in [3.05, 3.63) is 86.8 Å². The molecule has 0 spiro atoms. The Labute approximate surface area is 156 Å². The summed E-state index contributed by atoms with van der Waals surface area (Å²) < 4.78 is 1.55. The van der Waals surface area contributed by atoms with Gasteiger partial charge < -0.3 is 0 Å². The predicted octanol–water partition coefficient (Wildman–Crippen LogP) is 2.47. The maximum Gasteiger partial charge on any atom is 0.274 e. The van der Waals surface area contributed by atoms with E-state index >= 15 is 0 Å². The summed E-state index contributed by atoms with van der Waals surface area (Å²) in [7, 11) is 0. The number of H-pyrrole nitrogens is 1. The fourth-order valence-electron chi connectivity index (χ4n) is 3.48. The molecule has 0 aliphatic carbocycles. The van der Waals surface area contributed by atoms with Gasteiger partial charge in [-0.25, -0.2) is 4.68 Å². The number of benzene rings is 2. The molecule has 1 aromatic heterocycles. The maximum absolute atomic E-state index is 12.7. The van der Waals surface area contributed by atoms with Crippen molar-refractivity contribution in [1.82, 2.24) is 14.7 Å². The molecule has 2 heterocycles. The largest absolute Gasteiger partial charge is 0.293 e. The lowest BCUT2D eigenvalue weighted by molar-refractivity contribution is 0.242. The standard InChI is InChI=1S/C21H17N5O/c22-11-15-4-6-18(7-5-15)26-21(27)19-8-9-25(14-20(19)24-26)13-17-3-1-2-16(10-17)12-23/h1-7,10,24H,8-9,13-14H2. The van der Waals surface area contributed by atoms with Gasteiger partial charge in [0.05, 0.1) is 34.6 Å². The van der Waals surface area contributed by atoms with Crippen LogP contribution in [0.3, 0.4) is 0 Å². The van der Waals surface area contributed by atoms with Gasteiger partial charge in [-0.1, -0.05) is 12.1 Å². The van der Waals surface area contributed by atoms with E-state index in [2.05, 4.69) is 22.1 Å². The molecule has 3 aromatic rings. The number of rotatable bonds is 3. The zero-order chi connectivity index (χ0) is 18.8. The molecule has 0 saturated carbocycles. The van der Waals surface area contributed by atoms with Crippen LogP contribution < -0.4 is 5.56 Å². The van der Waals surface area contributed by atoms with E-state index in [9.17, 15) is 4.79 Å². The van der Waals surface area contributed by atoms with E-state index < -0.39 is 0 Å². The van der Waals surface area contributed by atoms with Gasteiger partial charge in [0.2, 0.25) is 0 Å². The van der Waals surface area contributed by atoms with Gasteiger partial charge in [-0.05, 0) is 48.4 Å². The molecule has 27 heavy (non-hydrogen) atoms. The van der Waals surface area contributed by atoms with E-state index in [0.717, 1.165) is 35.6 Å². The SMILES string of the molecule is N#Cc1ccc(-n2[nH]c3c(c2=O)CCN(Cc2cccc(C#N)c2)C3)cc1. The van der Waals surface area contributed by atoms with Crippen molar-refractivity contribution < 1.29 is 0 Å². The zero-order valence-corrected chi connectivity index (χ0v) is 14.6. The number of nitrogens with one attached hydrogen (secondary N) is 1. The van der Waals surface area contributed by atoms with E-state index in [1.807, 2.05) is 18.2 Å². The van der Waals surface area contributed by atoms with Crippen molar-refractivity contribution in [2.24, 2.45) is 0 Å². The summed E-state index contributed by atoms with van der Waals surface area (Å²) in [6.07, 6.45) is 0.686. The molecule has 0 bridgehead atoms. The molecule has 1 N–H and O–H groups in total. The topological polar surface area (TPSA) is 88.6 Å². The third-order valence-corrected chi connectivity index (χ3v) is 4.85. The fourth-order valence-corrected chi connectivity index (χ4v) is 3.48. The van der Waals surface area contributed by atoms with Gasteiger partial charge in [0.15, 0.2) is 0 Å². The predicted molar refractivity (Wildman–Crippen MR) is 100 cm³/mol. The Hall–Kier alpha value is -3.61. The van der Waals surface area contributed by atoms with Crippen LogP contribution in [0.2, 0.25) is 0 Å². The number of hydrogen-bond donors (Lipinski definition) is 1. The molecule has 2 aromatic carbocycles. The summed E-state index contributed by atoms with van der Waals surface area (Å²) in [6, 6.07) is 18.8. The summed E-state index contributed by atoms with van der Waals surface area (Å²) in [5, 5.41) is 21.2. The van der Waals surface area contributed by atoms with Gasteiger partial charge in [-0.3, -0.25) is 14.8 Å². The highest BCUT2D eigenvalue weighted by molar-refractivity contribution is 5.40. The number of aromatic nitrogens is 2. The van der Waals surface area contributed by atoms with Crippen LogP contribution in [0.1, 0.15) is 27.9 Å². The molecule has 0 fully saturated rings. The molecule has 132 valence electrons. The summed E-state index contributed by atoms with van der Waals surface area (Å²) in [5.74, 6) is 0. The Morgan fingerprint density at radius 1 is 1.04 bits per heavy atom. The molecular weight excluding hydrogens is 338 g/mol. The first kappa shape index (κ1) is 16.8. The van der Waals surface area contributed by atoms with Gasteiger partial charge in [-0.2, -0.15) is 10.5 Å². The lowest BCUT2D eigenvalue weighted by Gasteiger charge is -2.25. The lowest BCUT2D eigenvalue weighted by Crippen LogP contribution is -2.31. The van der Waals surface area contributed by atoms with Gasteiger partial charge in [0.1, 0.15) is 0 Å². The number of aromatic amines is 1. The lowest BCUT2D eigenvalue weighted by atomic mass is 10.1. The highest BCUT2D eigenvalue weighted by Crippen LogP contribution is 2.19. The van der Waals surface area contributed by atoms with Crippen LogP contribution in [0, 0.1) is 22.7 Å². The van der Waals surface area contributed by atoms with Gasteiger partial charge in [0.25, 0.3) is 5.56 Å². The summed E-state index contributed by atoms with van der Waals surface area (Å²) >= 11 is 0. The number of nitriles is 2. The van der Waals surface area contributed by atoms with E-state index in [4.69, 9.17) is 10.5 Å². The van der Waals surface area contributed by atoms with Crippen LogP contribution in [0.5, 0.6) is 0 Å². The van der Waals surface area contributed by atoms with Crippen molar-refractivity contribution in [1.29, 1.82) is 10.5 Å². The van der Waals surface area contributed by atoms with Crippen LogP contribution in [0.25, 0.3) is 5.69 Å². The Morgan fingerprint density at radius 3 is 2.56 bits per heavy atom. The molecule has 0 radical (unpaired) electrons. The molecule has 0 saturated heterocycles. The first-order chi connectivity index (χ1) is 13.2. The molecule has 1 aliphatic heterocycles. The molecule has 0 unspecified atom stereocenters. The zero-order valence-electron chi connectivity index (χ0n) is 14.6. The highest BCUT2D eigenvalue weighted by Gasteiger charge is 2.23. The van der Waals surface area contributed by atoms with E-state index in [0.29, 0.717) is 24.1 Å². The Morgan fingerprint density at radius 2 is 1.81 bits per heavy atom. The molecule has 6 heteroatoms. The number of hydrogen-bond acceptors (Lipinski definition) is 4. The molecule has 1 aliphatic rings. The molecule has 0 amide bonds. The second kappa shape index (κ2) is 6.95. The van der Waals surface area contributed by atoms with Crippen molar-refractivity contribution in [3.8, 4) is 17.8 Å². The third kappa shape index (κ3) is 3.27. The van der Waals surface area contributed by atoms with Crippen LogP contribution in [-0.2, 0) is 19.5 Å². The Kier molecular flexibility index (Phi) is 4.33. The summed E-state index contributed by atoms with van der Waals surface area (Å²) in [5.41, 5.74) is 4.75. The second-order valence-corrected chi connectivity index (χ2v) is 6.64. The minimum absolute atomic E-state index is 0.0270. The monoisotopic (exact) mass is 355 g/mol. The smallest absolute Gasteiger partial charge is 0.274 e. The van der Waals surface area contributed by atoms with Gasteiger partial charge >= 0.3 is 0 Å². The van der Waals surface area contributed by atoms with Crippen molar-refractivity contribution in [2.45, 2.75) is 19.5 Å². The van der Waals surface area contributed by atoms with Crippen molar-refractivity contribution in [3.63, 3.8) is 0 Å². The minimum atomic E-state index is -0.0270. The van der Waals surface area contributed by atoms with Crippen molar-refractivity contribution >= 4 is 0 Å². The number of fused-ring (bicyclic) bond motifs is 1. The third-order valence-electron chi connectivity index (χ3n) is 4.85. The first-order valence-corrected chi connectivity index (χ1v) is 8.72. The molecule has 6 nitrogen and oxygen atoms in total. The molecule has 4 rings (SSSR count). The average molecular weight is 355 g/mol. The number of nitrogens with zero attached hydrogens (tertiary/aromatic N) is 4. The molecule has 0 atom stereocenters. The van der Waals surface area contributed by atoms with Crippen LogP contribution in [-0.4, -0.2) is 21.2 Å². The van der Waals surface area contributed by atoms with Gasteiger partial charge in [0, 0.05) is 25.2 Å². The van der Waals surface area contributed by atoms with Crippen LogP contribution in [0.4, 0.5) is 0 Å². The average Bonchev–Trinajstić information content (AvgIpc) is 3.04. The second-order valence-electron chi connectivity index (χ2n) is 6.64. The normalized spacial score (nSPS) is 13.6. The van der Waals surface area contributed by atoms with Crippen molar-refractivity contribution in [2.75, 3.05) is 6.54 Å². The van der Waals surface area contributed by atoms with Crippen LogP contribution >= 0.6 is 0 Å².